The van der Waals surface area contributed by atoms with Crippen molar-refractivity contribution in [1.29, 1.82) is 0 Å². The van der Waals surface area contributed by atoms with Crippen LogP contribution in [0.3, 0.4) is 0 Å². The van der Waals surface area contributed by atoms with Crippen molar-refractivity contribution in [2.45, 2.75) is 31.7 Å². The Labute approximate surface area is 144 Å². The topological polar surface area (TPSA) is 27.7 Å². The molecule has 0 saturated carbocycles. The van der Waals surface area contributed by atoms with Gasteiger partial charge in [-0.25, -0.2) is 0 Å². The van der Waals surface area contributed by atoms with Crippen molar-refractivity contribution < 1.29 is 4.74 Å². The zero-order valence-electron chi connectivity index (χ0n) is 13.7. The molecular weight excluding hydrogens is 306 g/mol. The van der Waals surface area contributed by atoms with E-state index in [0.29, 0.717) is 6.04 Å². The van der Waals surface area contributed by atoms with E-state index in [9.17, 15) is 0 Å². The van der Waals surface area contributed by atoms with Crippen LogP contribution >= 0.6 is 12.2 Å². The fourth-order valence-corrected chi connectivity index (χ4v) is 3.80. The number of ether oxygens (including phenoxy) is 1. The Kier molecular flexibility index (Phi) is 6.25. The van der Waals surface area contributed by atoms with Gasteiger partial charge < -0.3 is 15.0 Å². The molecule has 4 nitrogen and oxygen atoms in total. The van der Waals surface area contributed by atoms with Crippen molar-refractivity contribution >= 4 is 23.0 Å². The second-order valence-corrected chi connectivity index (χ2v) is 6.77. The lowest BCUT2D eigenvalue weighted by molar-refractivity contribution is 0.0338. The molecule has 126 valence electrons. The molecule has 0 unspecified atom stereocenters. The summed E-state index contributed by atoms with van der Waals surface area (Å²) in [5.41, 5.74) is 1.08. The number of hydrogen-bond donors (Lipinski definition) is 1. The first-order chi connectivity index (χ1) is 11.3. The number of benzene rings is 1. The normalized spacial score (nSPS) is 22.8. The standard InChI is InChI=1S/C18H27N3OS/c23-18(19-16-6-2-1-3-7-16)21-10-5-4-8-17(21)9-11-20-12-14-22-15-13-20/h1-3,6-7,17H,4-5,8-15H2,(H,19,23)/t17-/m1/s1. The first-order valence-electron chi connectivity index (χ1n) is 8.76. The van der Waals surface area contributed by atoms with Crippen molar-refractivity contribution in [2.24, 2.45) is 0 Å². The fraction of sp³-hybridized carbons (Fsp3) is 0.611. The van der Waals surface area contributed by atoms with Gasteiger partial charge in [-0.1, -0.05) is 18.2 Å². The highest BCUT2D eigenvalue weighted by molar-refractivity contribution is 7.80. The summed E-state index contributed by atoms with van der Waals surface area (Å²) in [6.07, 6.45) is 5.00. The van der Waals surface area contributed by atoms with E-state index in [2.05, 4.69) is 27.2 Å². The number of piperidine rings is 1. The summed E-state index contributed by atoms with van der Waals surface area (Å²) in [5, 5.41) is 4.28. The predicted octanol–water partition coefficient (Wildman–Crippen LogP) is 2.96. The van der Waals surface area contributed by atoms with Crippen LogP contribution in [0.5, 0.6) is 0 Å². The number of hydrogen-bond acceptors (Lipinski definition) is 3. The van der Waals surface area contributed by atoms with E-state index < -0.39 is 0 Å². The van der Waals surface area contributed by atoms with Crippen molar-refractivity contribution in [3.63, 3.8) is 0 Å². The smallest absolute Gasteiger partial charge is 0.173 e. The second-order valence-electron chi connectivity index (χ2n) is 6.38. The van der Waals surface area contributed by atoms with Crippen LogP contribution in [0, 0.1) is 0 Å². The van der Waals surface area contributed by atoms with E-state index >= 15 is 0 Å². The van der Waals surface area contributed by atoms with Crippen LogP contribution in [0.2, 0.25) is 0 Å². The van der Waals surface area contributed by atoms with Gasteiger partial charge in [0.1, 0.15) is 0 Å². The van der Waals surface area contributed by atoms with Gasteiger partial charge in [0, 0.05) is 37.9 Å². The van der Waals surface area contributed by atoms with E-state index in [1.54, 1.807) is 0 Å². The quantitative estimate of drug-likeness (QED) is 0.855. The van der Waals surface area contributed by atoms with Crippen LogP contribution in [0.4, 0.5) is 5.69 Å². The monoisotopic (exact) mass is 333 g/mol. The minimum atomic E-state index is 0.565. The van der Waals surface area contributed by atoms with Crippen LogP contribution in [0.1, 0.15) is 25.7 Å². The highest BCUT2D eigenvalue weighted by atomic mass is 32.1. The molecule has 0 amide bonds. The number of anilines is 1. The lowest BCUT2D eigenvalue weighted by Crippen LogP contribution is -2.47. The zero-order chi connectivity index (χ0) is 15.9. The summed E-state index contributed by atoms with van der Waals surface area (Å²) in [6, 6.07) is 10.8. The van der Waals surface area contributed by atoms with Crippen LogP contribution in [0.25, 0.3) is 0 Å². The largest absolute Gasteiger partial charge is 0.379 e. The molecule has 1 aromatic carbocycles. The molecule has 2 aliphatic rings. The third-order valence-electron chi connectivity index (χ3n) is 4.80. The Hall–Kier alpha value is -1.17. The molecule has 0 radical (unpaired) electrons. The molecule has 1 atom stereocenters. The minimum Gasteiger partial charge on any atom is -0.379 e. The molecule has 2 fully saturated rings. The van der Waals surface area contributed by atoms with Gasteiger partial charge in [-0.3, -0.25) is 4.90 Å². The Morgan fingerprint density at radius 3 is 2.70 bits per heavy atom. The molecule has 2 heterocycles. The molecule has 23 heavy (non-hydrogen) atoms. The molecule has 5 heteroatoms. The van der Waals surface area contributed by atoms with Gasteiger partial charge in [0.15, 0.2) is 5.11 Å². The predicted molar refractivity (Wildman–Crippen MR) is 98.9 cm³/mol. The highest BCUT2D eigenvalue weighted by Crippen LogP contribution is 2.21. The van der Waals surface area contributed by atoms with Gasteiger partial charge in [-0.15, -0.1) is 0 Å². The number of para-hydroxylation sites is 1. The SMILES string of the molecule is S=C(Nc1ccccc1)N1CCCC[C@@H]1CCN1CCOCC1. The lowest BCUT2D eigenvalue weighted by atomic mass is 9.99. The molecule has 0 spiro atoms. The van der Waals surface area contributed by atoms with Gasteiger partial charge in [0.05, 0.1) is 13.2 Å². The number of rotatable bonds is 4. The highest BCUT2D eigenvalue weighted by Gasteiger charge is 2.25. The number of nitrogens with one attached hydrogen (secondary N) is 1. The molecule has 1 N–H and O–H groups in total. The van der Waals surface area contributed by atoms with Gasteiger partial charge in [-0.2, -0.15) is 0 Å². The third kappa shape index (κ3) is 4.90. The molecule has 1 aromatic rings. The summed E-state index contributed by atoms with van der Waals surface area (Å²) in [7, 11) is 0. The first-order valence-corrected chi connectivity index (χ1v) is 9.16. The van der Waals surface area contributed by atoms with Crippen molar-refractivity contribution in [3.05, 3.63) is 30.3 Å². The van der Waals surface area contributed by atoms with Crippen molar-refractivity contribution in [1.82, 2.24) is 9.80 Å². The molecule has 0 bridgehead atoms. The Balaban J connectivity index is 1.53. The van der Waals surface area contributed by atoms with Crippen LogP contribution in [0.15, 0.2) is 30.3 Å². The van der Waals surface area contributed by atoms with Gasteiger partial charge in [-0.05, 0) is 50.0 Å². The van der Waals surface area contributed by atoms with Crippen molar-refractivity contribution in [3.8, 4) is 0 Å². The van der Waals surface area contributed by atoms with Gasteiger partial charge in [0.25, 0.3) is 0 Å². The summed E-state index contributed by atoms with van der Waals surface area (Å²) in [6.45, 7) is 6.12. The van der Waals surface area contributed by atoms with Crippen molar-refractivity contribution in [2.75, 3.05) is 44.7 Å². The molecule has 3 rings (SSSR count). The molecule has 2 saturated heterocycles. The first kappa shape index (κ1) is 16.7. The van der Waals surface area contributed by atoms with E-state index in [-0.39, 0.29) is 0 Å². The Morgan fingerprint density at radius 2 is 1.91 bits per heavy atom. The van der Waals surface area contributed by atoms with E-state index in [4.69, 9.17) is 17.0 Å². The molecule has 2 aliphatic heterocycles. The average molecular weight is 334 g/mol. The Bertz CT molecular complexity index is 490. The summed E-state index contributed by atoms with van der Waals surface area (Å²) in [5.74, 6) is 0. The van der Waals surface area contributed by atoms with E-state index in [1.165, 1.54) is 25.7 Å². The maximum absolute atomic E-state index is 5.68. The minimum absolute atomic E-state index is 0.565. The number of nitrogens with zero attached hydrogens (tertiary/aromatic N) is 2. The second kappa shape index (κ2) is 8.62. The molecule has 0 aliphatic carbocycles. The van der Waals surface area contributed by atoms with E-state index in [0.717, 1.165) is 50.2 Å². The lowest BCUT2D eigenvalue weighted by Gasteiger charge is -2.39. The van der Waals surface area contributed by atoms with Crippen LogP contribution in [-0.4, -0.2) is 60.3 Å². The average Bonchev–Trinajstić information content (AvgIpc) is 2.62. The third-order valence-corrected chi connectivity index (χ3v) is 5.13. The maximum Gasteiger partial charge on any atom is 0.173 e. The fourth-order valence-electron chi connectivity index (χ4n) is 3.44. The Morgan fingerprint density at radius 1 is 1.13 bits per heavy atom. The molecular formula is C18H27N3OS. The summed E-state index contributed by atoms with van der Waals surface area (Å²) < 4.78 is 5.43. The maximum atomic E-state index is 5.68. The van der Waals surface area contributed by atoms with Gasteiger partial charge >= 0.3 is 0 Å². The van der Waals surface area contributed by atoms with Gasteiger partial charge in [0.2, 0.25) is 0 Å². The summed E-state index contributed by atoms with van der Waals surface area (Å²) >= 11 is 5.68. The van der Waals surface area contributed by atoms with Crippen LogP contribution in [-0.2, 0) is 4.74 Å². The number of morpholine rings is 1. The number of thiocarbonyl (C=S) groups is 1. The summed E-state index contributed by atoms with van der Waals surface area (Å²) in [4.78, 5) is 4.93. The zero-order valence-corrected chi connectivity index (χ0v) is 14.6. The number of likely N-dealkylation sites (tertiary alicyclic amines) is 1. The van der Waals surface area contributed by atoms with E-state index in [1.807, 2.05) is 18.2 Å². The van der Waals surface area contributed by atoms with Crippen LogP contribution < -0.4 is 5.32 Å². The molecule has 0 aromatic heterocycles.